The van der Waals surface area contributed by atoms with E-state index in [1.54, 1.807) is 14.2 Å². The number of unbranched alkanes of at least 4 members (excludes halogenated alkanes) is 1. The number of rotatable bonds is 9. The predicted octanol–water partition coefficient (Wildman–Crippen LogP) is 2.78. The first kappa shape index (κ1) is 21.8. The van der Waals surface area contributed by atoms with Crippen LogP contribution in [0.25, 0.3) is 0 Å². The lowest BCUT2D eigenvalue weighted by atomic mass is 10.2. The minimum absolute atomic E-state index is 0. The minimum atomic E-state index is 0. The van der Waals surface area contributed by atoms with Crippen LogP contribution in [0, 0.1) is 0 Å². The normalized spacial score (nSPS) is 11.1. The molecule has 0 fully saturated rings. The second-order valence-electron chi connectivity index (χ2n) is 5.12. The highest BCUT2D eigenvalue weighted by atomic mass is 127. The molecule has 1 aromatic carbocycles. The van der Waals surface area contributed by atoms with Crippen LogP contribution < -0.4 is 20.5 Å². The van der Waals surface area contributed by atoms with Crippen molar-refractivity contribution in [2.24, 2.45) is 10.7 Å². The van der Waals surface area contributed by atoms with Crippen LogP contribution in [0.1, 0.15) is 19.8 Å². The van der Waals surface area contributed by atoms with E-state index in [1.807, 2.05) is 18.2 Å². The molecule has 0 heterocycles. The molecular weight excluding hydrogens is 407 g/mol. The first-order valence-electron chi connectivity index (χ1n) is 7.58. The van der Waals surface area contributed by atoms with Gasteiger partial charge in [-0.2, -0.15) is 0 Å². The molecule has 3 N–H and O–H groups in total. The lowest BCUT2D eigenvalue weighted by Gasteiger charge is -2.15. The Morgan fingerprint density at radius 1 is 1.26 bits per heavy atom. The Hall–Kier alpha value is -1.22. The fourth-order valence-electron chi connectivity index (χ4n) is 1.97. The molecule has 0 bridgehead atoms. The van der Waals surface area contributed by atoms with Crippen LogP contribution in [0.2, 0.25) is 0 Å². The summed E-state index contributed by atoms with van der Waals surface area (Å²) in [6.07, 6.45) is 2.40. The zero-order valence-corrected chi connectivity index (χ0v) is 16.8. The van der Waals surface area contributed by atoms with Crippen molar-refractivity contribution in [3.8, 4) is 11.5 Å². The van der Waals surface area contributed by atoms with Crippen molar-refractivity contribution in [3.63, 3.8) is 0 Å². The van der Waals surface area contributed by atoms with Gasteiger partial charge in [-0.1, -0.05) is 13.3 Å². The largest absolute Gasteiger partial charge is 0.497 e. The van der Waals surface area contributed by atoms with Crippen molar-refractivity contribution in [1.82, 2.24) is 4.90 Å². The molecule has 0 aromatic heterocycles. The molecule has 0 aliphatic heterocycles. The van der Waals surface area contributed by atoms with Gasteiger partial charge in [0.15, 0.2) is 5.96 Å². The van der Waals surface area contributed by atoms with Gasteiger partial charge in [0.2, 0.25) is 0 Å². The fourth-order valence-corrected chi connectivity index (χ4v) is 1.97. The second kappa shape index (κ2) is 12.2. The molecule has 23 heavy (non-hydrogen) atoms. The average molecular weight is 436 g/mol. The maximum absolute atomic E-state index is 5.93. The molecule has 1 aromatic rings. The van der Waals surface area contributed by atoms with Gasteiger partial charge in [0.1, 0.15) is 11.5 Å². The Morgan fingerprint density at radius 2 is 2.00 bits per heavy atom. The topological polar surface area (TPSA) is 72.1 Å². The fraction of sp³-hybridized carbons (Fsp3) is 0.562. The average Bonchev–Trinajstić information content (AvgIpc) is 2.52. The number of likely N-dealkylation sites (N-methyl/N-ethyl adjacent to an activating group) is 1. The Bertz CT molecular complexity index is 483. The van der Waals surface area contributed by atoms with Gasteiger partial charge in [-0.3, -0.25) is 4.99 Å². The number of ether oxygens (including phenoxy) is 2. The Labute approximate surface area is 156 Å². The number of nitrogens with zero attached hydrogens (tertiary/aromatic N) is 2. The molecule has 0 aliphatic rings. The SMILES string of the molecule is CCCCN(C)CCN=C(N)Nc1cc(OC)ccc1OC.I. The van der Waals surface area contributed by atoms with Gasteiger partial charge in [0, 0.05) is 12.6 Å². The van der Waals surface area contributed by atoms with Crippen LogP contribution in [-0.2, 0) is 0 Å². The van der Waals surface area contributed by atoms with Crippen molar-refractivity contribution in [1.29, 1.82) is 0 Å². The third-order valence-corrected chi connectivity index (χ3v) is 3.33. The maximum atomic E-state index is 5.93. The van der Waals surface area contributed by atoms with Crippen molar-refractivity contribution in [2.75, 3.05) is 46.2 Å². The van der Waals surface area contributed by atoms with Crippen LogP contribution in [0.4, 0.5) is 5.69 Å². The van der Waals surface area contributed by atoms with Gasteiger partial charge in [0.05, 0.1) is 26.5 Å². The molecule has 1 rings (SSSR count). The van der Waals surface area contributed by atoms with Crippen LogP contribution in [-0.4, -0.2) is 51.8 Å². The molecule has 0 unspecified atom stereocenters. The number of hydrogen-bond donors (Lipinski definition) is 2. The van der Waals surface area contributed by atoms with E-state index in [0.29, 0.717) is 18.3 Å². The summed E-state index contributed by atoms with van der Waals surface area (Å²) in [5.41, 5.74) is 6.67. The number of anilines is 1. The van der Waals surface area contributed by atoms with Gasteiger partial charge in [-0.15, -0.1) is 24.0 Å². The van der Waals surface area contributed by atoms with Gasteiger partial charge in [-0.25, -0.2) is 0 Å². The van der Waals surface area contributed by atoms with E-state index in [-0.39, 0.29) is 24.0 Å². The van der Waals surface area contributed by atoms with Crippen molar-refractivity contribution >= 4 is 35.6 Å². The first-order chi connectivity index (χ1) is 10.6. The number of benzene rings is 1. The Kier molecular flexibility index (Phi) is 11.6. The standard InChI is InChI=1S/C16H28N4O2.HI/c1-5-6-10-20(2)11-9-18-16(17)19-14-12-13(21-3)7-8-15(14)22-4;/h7-8,12H,5-6,9-11H2,1-4H3,(H3,17,18,19);1H. The van der Waals surface area contributed by atoms with Gasteiger partial charge in [0.25, 0.3) is 0 Å². The number of nitrogens with one attached hydrogen (secondary N) is 1. The van der Waals surface area contributed by atoms with Crippen LogP contribution in [0.3, 0.4) is 0 Å². The summed E-state index contributed by atoms with van der Waals surface area (Å²) in [5, 5.41) is 3.06. The van der Waals surface area contributed by atoms with E-state index in [1.165, 1.54) is 12.8 Å². The third-order valence-electron chi connectivity index (χ3n) is 3.33. The molecule has 0 atom stereocenters. The summed E-state index contributed by atoms with van der Waals surface area (Å²) in [7, 11) is 5.33. The lowest BCUT2D eigenvalue weighted by Crippen LogP contribution is -2.27. The second-order valence-corrected chi connectivity index (χ2v) is 5.12. The molecule has 0 saturated heterocycles. The summed E-state index contributed by atoms with van der Waals surface area (Å²) in [4.78, 5) is 6.60. The van der Waals surface area contributed by atoms with Crippen molar-refractivity contribution in [2.45, 2.75) is 19.8 Å². The van der Waals surface area contributed by atoms with Crippen LogP contribution in [0.5, 0.6) is 11.5 Å². The van der Waals surface area contributed by atoms with Crippen molar-refractivity contribution < 1.29 is 9.47 Å². The zero-order chi connectivity index (χ0) is 16.4. The Balaban J connectivity index is 0.00000484. The first-order valence-corrected chi connectivity index (χ1v) is 7.58. The van der Waals surface area contributed by atoms with Gasteiger partial charge < -0.3 is 25.4 Å². The van der Waals surface area contributed by atoms with Gasteiger partial charge in [-0.05, 0) is 32.1 Å². The van der Waals surface area contributed by atoms with Crippen LogP contribution >= 0.6 is 24.0 Å². The smallest absolute Gasteiger partial charge is 0.193 e. The van der Waals surface area contributed by atoms with Crippen molar-refractivity contribution in [3.05, 3.63) is 18.2 Å². The van der Waals surface area contributed by atoms with E-state index in [0.717, 1.165) is 24.5 Å². The summed E-state index contributed by atoms with van der Waals surface area (Å²) < 4.78 is 10.5. The van der Waals surface area contributed by atoms with Crippen LogP contribution in [0.15, 0.2) is 23.2 Å². The molecule has 132 valence electrons. The Morgan fingerprint density at radius 3 is 2.61 bits per heavy atom. The highest BCUT2D eigenvalue weighted by Crippen LogP contribution is 2.28. The van der Waals surface area contributed by atoms with E-state index < -0.39 is 0 Å². The third kappa shape index (κ3) is 8.26. The number of hydrogen-bond acceptors (Lipinski definition) is 4. The van der Waals surface area contributed by atoms with E-state index >= 15 is 0 Å². The molecule has 0 radical (unpaired) electrons. The molecule has 0 amide bonds. The molecule has 0 aliphatic carbocycles. The summed E-state index contributed by atoms with van der Waals surface area (Å²) in [6.45, 7) is 4.82. The quantitative estimate of drug-likeness (QED) is 0.354. The zero-order valence-electron chi connectivity index (χ0n) is 14.5. The summed E-state index contributed by atoms with van der Waals surface area (Å²) in [5.74, 6) is 1.80. The maximum Gasteiger partial charge on any atom is 0.193 e. The van der Waals surface area contributed by atoms with E-state index in [4.69, 9.17) is 15.2 Å². The minimum Gasteiger partial charge on any atom is -0.497 e. The number of aliphatic imine (C=N–C) groups is 1. The summed E-state index contributed by atoms with van der Waals surface area (Å²) >= 11 is 0. The highest BCUT2D eigenvalue weighted by molar-refractivity contribution is 14.0. The molecule has 0 saturated carbocycles. The summed E-state index contributed by atoms with van der Waals surface area (Å²) in [6, 6.07) is 5.49. The number of guanidine groups is 1. The number of nitrogens with two attached hydrogens (primary N) is 1. The monoisotopic (exact) mass is 436 g/mol. The molecule has 0 spiro atoms. The molecule has 6 nitrogen and oxygen atoms in total. The van der Waals surface area contributed by atoms with E-state index in [2.05, 4.69) is 29.2 Å². The lowest BCUT2D eigenvalue weighted by molar-refractivity contribution is 0.337. The molecule has 7 heteroatoms. The molecular formula is C16H29IN4O2. The number of halogens is 1. The number of methoxy groups -OCH3 is 2. The van der Waals surface area contributed by atoms with Gasteiger partial charge >= 0.3 is 0 Å². The highest BCUT2D eigenvalue weighted by Gasteiger charge is 2.06. The van der Waals surface area contributed by atoms with E-state index in [9.17, 15) is 0 Å². The predicted molar refractivity (Wildman–Crippen MR) is 107 cm³/mol.